The van der Waals surface area contributed by atoms with Crippen molar-refractivity contribution in [2.45, 2.75) is 79.1 Å². The minimum absolute atomic E-state index is 0.148. The lowest BCUT2D eigenvalue weighted by molar-refractivity contribution is 0.223. The van der Waals surface area contributed by atoms with Crippen molar-refractivity contribution in [1.82, 2.24) is 5.32 Å². The van der Waals surface area contributed by atoms with Crippen LogP contribution >= 0.6 is 0 Å². The molecule has 0 aliphatic heterocycles. The summed E-state index contributed by atoms with van der Waals surface area (Å²) in [4.78, 5) is 0. The van der Waals surface area contributed by atoms with Gasteiger partial charge in [0.1, 0.15) is 0 Å². The standard InChI is InChI=1S/C18H34N2/c1-16(2)13-18(10-5-6-11-18)15-20-12-8-7-9-17(3,4)14-19/h16,20H,5-13,15H2,1-4H3. The fraction of sp³-hybridized carbons (Fsp3) is 0.944. The average molecular weight is 278 g/mol. The first-order valence-electron chi connectivity index (χ1n) is 8.51. The largest absolute Gasteiger partial charge is 0.316 e. The van der Waals surface area contributed by atoms with Gasteiger partial charge in [-0.3, -0.25) is 0 Å². The quantitative estimate of drug-likeness (QED) is 0.609. The highest BCUT2D eigenvalue weighted by Gasteiger charge is 2.33. The van der Waals surface area contributed by atoms with Crippen molar-refractivity contribution < 1.29 is 0 Å². The maximum absolute atomic E-state index is 8.99. The summed E-state index contributed by atoms with van der Waals surface area (Å²) in [7, 11) is 0. The predicted molar refractivity (Wildman–Crippen MR) is 86.5 cm³/mol. The minimum Gasteiger partial charge on any atom is -0.316 e. The third-order valence-electron chi connectivity index (χ3n) is 4.71. The van der Waals surface area contributed by atoms with Gasteiger partial charge in [-0.15, -0.1) is 0 Å². The first-order chi connectivity index (χ1) is 9.39. The highest BCUT2D eigenvalue weighted by Crippen LogP contribution is 2.42. The van der Waals surface area contributed by atoms with Gasteiger partial charge in [-0.05, 0) is 63.8 Å². The van der Waals surface area contributed by atoms with Gasteiger partial charge in [0, 0.05) is 6.54 Å². The molecule has 1 saturated carbocycles. The first-order valence-corrected chi connectivity index (χ1v) is 8.51. The molecular formula is C18H34N2. The number of nitriles is 1. The van der Waals surface area contributed by atoms with Crippen molar-refractivity contribution in [3.8, 4) is 6.07 Å². The monoisotopic (exact) mass is 278 g/mol. The Balaban J connectivity index is 2.17. The lowest BCUT2D eigenvalue weighted by atomic mass is 9.78. The Kier molecular flexibility index (Phi) is 7.03. The molecule has 1 N–H and O–H groups in total. The molecule has 1 aliphatic carbocycles. The van der Waals surface area contributed by atoms with Crippen LogP contribution in [0, 0.1) is 28.1 Å². The topological polar surface area (TPSA) is 35.8 Å². The molecule has 0 heterocycles. The molecule has 20 heavy (non-hydrogen) atoms. The second-order valence-electron chi connectivity index (χ2n) is 7.93. The van der Waals surface area contributed by atoms with Gasteiger partial charge in [-0.25, -0.2) is 0 Å². The Hall–Kier alpha value is -0.550. The summed E-state index contributed by atoms with van der Waals surface area (Å²) >= 11 is 0. The second-order valence-corrected chi connectivity index (χ2v) is 7.93. The summed E-state index contributed by atoms with van der Waals surface area (Å²) in [5.41, 5.74) is 0.435. The molecule has 0 aromatic rings. The van der Waals surface area contributed by atoms with E-state index in [0.29, 0.717) is 5.41 Å². The van der Waals surface area contributed by atoms with E-state index in [1.807, 2.05) is 13.8 Å². The summed E-state index contributed by atoms with van der Waals surface area (Å²) < 4.78 is 0. The van der Waals surface area contributed by atoms with Gasteiger partial charge in [0.2, 0.25) is 0 Å². The molecule has 0 unspecified atom stereocenters. The van der Waals surface area contributed by atoms with E-state index < -0.39 is 0 Å². The third kappa shape index (κ3) is 6.27. The molecule has 0 amide bonds. The molecular weight excluding hydrogens is 244 g/mol. The minimum atomic E-state index is -0.148. The molecule has 0 atom stereocenters. The number of nitrogens with zero attached hydrogens (tertiary/aromatic N) is 1. The Bertz CT molecular complexity index is 306. The molecule has 0 radical (unpaired) electrons. The number of hydrogen-bond donors (Lipinski definition) is 1. The van der Waals surface area contributed by atoms with E-state index in [1.54, 1.807) is 0 Å². The van der Waals surface area contributed by atoms with Crippen LogP contribution in [0.5, 0.6) is 0 Å². The summed E-state index contributed by atoms with van der Waals surface area (Å²) in [6.45, 7) is 11.1. The summed E-state index contributed by atoms with van der Waals surface area (Å²) in [5, 5.41) is 12.7. The van der Waals surface area contributed by atoms with Crippen LogP contribution in [0.1, 0.15) is 79.1 Å². The highest BCUT2D eigenvalue weighted by molar-refractivity contribution is 4.91. The van der Waals surface area contributed by atoms with E-state index in [9.17, 15) is 0 Å². The van der Waals surface area contributed by atoms with Crippen molar-refractivity contribution in [3.63, 3.8) is 0 Å². The third-order valence-corrected chi connectivity index (χ3v) is 4.71. The van der Waals surface area contributed by atoms with Crippen molar-refractivity contribution in [1.29, 1.82) is 5.26 Å². The molecule has 0 aromatic carbocycles. The Morgan fingerprint density at radius 3 is 2.40 bits per heavy atom. The van der Waals surface area contributed by atoms with Crippen LogP contribution in [0.4, 0.5) is 0 Å². The molecule has 0 spiro atoms. The van der Waals surface area contributed by atoms with Crippen LogP contribution in [0.15, 0.2) is 0 Å². The van der Waals surface area contributed by atoms with Gasteiger partial charge >= 0.3 is 0 Å². The van der Waals surface area contributed by atoms with E-state index in [1.165, 1.54) is 45.1 Å². The normalized spacial score (nSPS) is 18.4. The average Bonchev–Trinajstić information content (AvgIpc) is 2.81. The Morgan fingerprint density at radius 2 is 1.85 bits per heavy atom. The molecule has 1 fully saturated rings. The fourth-order valence-electron chi connectivity index (χ4n) is 3.67. The maximum Gasteiger partial charge on any atom is 0.0683 e. The van der Waals surface area contributed by atoms with Gasteiger partial charge in [0.15, 0.2) is 0 Å². The van der Waals surface area contributed by atoms with Crippen molar-refractivity contribution in [2.75, 3.05) is 13.1 Å². The fourth-order valence-corrected chi connectivity index (χ4v) is 3.67. The van der Waals surface area contributed by atoms with Crippen molar-refractivity contribution in [3.05, 3.63) is 0 Å². The van der Waals surface area contributed by atoms with Crippen LogP contribution in [0.25, 0.3) is 0 Å². The molecule has 0 aromatic heterocycles. The highest BCUT2D eigenvalue weighted by atomic mass is 14.9. The van der Waals surface area contributed by atoms with Gasteiger partial charge in [-0.1, -0.05) is 33.1 Å². The second kappa shape index (κ2) is 8.03. The van der Waals surface area contributed by atoms with Crippen LogP contribution in [-0.4, -0.2) is 13.1 Å². The predicted octanol–water partition coefficient (Wildman–Crippen LogP) is 4.90. The SMILES string of the molecule is CC(C)CC1(CNCCCCC(C)(C)C#N)CCCC1. The molecule has 2 nitrogen and oxygen atoms in total. The zero-order chi connectivity index (χ0) is 15.1. The van der Waals surface area contributed by atoms with Crippen LogP contribution in [0.2, 0.25) is 0 Å². The molecule has 1 aliphatic rings. The number of rotatable bonds is 9. The zero-order valence-electron chi connectivity index (χ0n) is 14.1. The Labute approximate surface area is 126 Å². The summed E-state index contributed by atoms with van der Waals surface area (Å²) in [6.07, 6.45) is 10.4. The van der Waals surface area contributed by atoms with E-state index >= 15 is 0 Å². The molecule has 1 rings (SSSR count). The van der Waals surface area contributed by atoms with Gasteiger partial charge < -0.3 is 5.32 Å². The van der Waals surface area contributed by atoms with Gasteiger partial charge in [0.25, 0.3) is 0 Å². The van der Waals surface area contributed by atoms with E-state index in [-0.39, 0.29) is 5.41 Å². The summed E-state index contributed by atoms with van der Waals surface area (Å²) in [5.74, 6) is 0.811. The maximum atomic E-state index is 8.99. The van der Waals surface area contributed by atoms with Gasteiger partial charge in [0.05, 0.1) is 11.5 Å². The van der Waals surface area contributed by atoms with Crippen molar-refractivity contribution in [2.24, 2.45) is 16.7 Å². The van der Waals surface area contributed by atoms with Crippen LogP contribution in [-0.2, 0) is 0 Å². The van der Waals surface area contributed by atoms with Gasteiger partial charge in [-0.2, -0.15) is 5.26 Å². The lowest BCUT2D eigenvalue weighted by Crippen LogP contribution is -2.34. The smallest absolute Gasteiger partial charge is 0.0683 e. The molecule has 0 saturated heterocycles. The van der Waals surface area contributed by atoms with Crippen LogP contribution in [0.3, 0.4) is 0 Å². The molecule has 0 bridgehead atoms. The first kappa shape index (κ1) is 17.5. The van der Waals surface area contributed by atoms with E-state index in [0.717, 1.165) is 25.3 Å². The van der Waals surface area contributed by atoms with Crippen LogP contribution < -0.4 is 5.32 Å². The Morgan fingerprint density at radius 1 is 1.20 bits per heavy atom. The van der Waals surface area contributed by atoms with E-state index in [4.69, 9.17) is 5.26 Å². The number of unbranched alkanes of at least 4 members (excludes halogenated alkanes) is 1. The zero-order valence-corrected chi connectivity index (χ0v) is 14.1. The molecule has 116 valence electrons. The van der Waals surface area contributed by atoms with Crippen molar-refractivity contribution >= 4 is 0 Å². The number of hydrogen-bond acceptors (Lipinski definition) is 2. The molecule has 2 heteroatoms. The number of nitrogens with one attached hydrogen (secondary N) is 1. The summed E-state index contributed by atoms with van der Waals surface area (Å²) in [6, 6.07) is 2.38. The lowest BCUT2D eigenvalue weighted by Gasteiger charge is -2.31. The van der Waals surface area contributed by atoms with E-state index in [2.05, 4.69) is 25.2 Å².